The van der Waals surface area contributed by atoms with Crippen molar-refractivity contribution in [1.82, 2.24) is 4.90 Å². The third-order valence-corrected chi connectivity index (χ3v) is 6.48. The molecule has 6 heteroatoms. The number of pyridine rings is 1. The standard InChI is InChI=1S/C25H33N2O3.HI/c1-26-13-11-21(12-14-26)25(28)27-15-9-19(10-16-27)17-20-7-8-23(29-2)24(18-20)30-22-5-3-4-6-22;/h7-8,11-14,18-19,22H,3-6,9-10,15-17H2,1-2H3;1H/q+1;/p-1. The molecular weight excluding hydrogens is 503 g/mol. The molecule has 0 N–H and O–H groups in total. The molecule has 4 rings (SSSR count). The Morgan fingerprint density at radius 2 is 1.71 bits per heavy atom. The van der Waals surface area contributed by atoms with E-state index in [4.69, 9.17) is 9.47 Å². The van der Waals surface area contributed by atoms with Crippen LogP contribution in [0.1, 0.15) is 54.4 Å². The largest absolute Gasteiger partial charge is 1.00 e. The van der Waals surface area contributed by atoms with E-state index in [0.29, 0.717) is 12.0 Å². The first-order chi connectivity index (χ1) is 14.6. The van der Waals surface area contributed by atoms with Crippen LogP contribution in [0.2, 0.25) is 0 Å². The molecule has 31 heavy (non-hydrogen) atoms. The molecule has 2 heterocycles. The molecule has 0 unspecified atom stereocenters. The van der Waals surface area contributed by atoms with Crippen LogP contribution in [0.4, 0.5) is 0 Å². The maximum absolute atomic E-state index is 12.7. The normalized spacial score (nSPS) is 17.3. The molecule has 1 saturated carbocycles. The van der Waals surface area contributed by atoms with Crippen LogP contribution in [0.25, 0.3) is 0 Å². The highest BCUT2D eigenvalue weighted by Crippen LogP contribution is 2.34. The van der Waals surface area contributed by atoms with Crippen LogP contribution in [0.15, 0.2) is 42.7 Å². The number of halogens is 1. The molecule has 2 aromatic rings. The quantitative estimate of drug-likeness (QED) is 0.408. The molecule has 1 aliphatic carbocycles. The van der Waals surface area contributed by atoms with Crippen LogP contribution in [0.5, 0.6) is 11.5 Å². The van der Waals surface area contributed by atoms with E-state index in [-0.39, 0.29) is 29.9 Å². The lowest BCUT2D eigenvalue weighted by Gasteiger charge is -2.32. The monoisotopic (exact) mass is 536 g/mol. The number of carbonyl (C=O) groups excluding carboxylic acids is 1. The van der Waals surface area contributed by atoms with Crippen molar-refractivity contribution < 1.29 is 42.8 Å². The van der Waals surface area contributed by atoms with Crippen LogP contribution in [-0.4, -0.2) is 37.1 Å². The number of amides is 1. The summed E-state index contributed by atoms with van der Waals surface area (Å²) in [6, 6.07) is 10.2. The first-order valence-electron chi connectivity index (χ1n) is 11.2. The number of rotatable bonds is 6. The van der Waals surface area contributed by atoms with E-state index < -0.39 is 0 Å². The number of likely N-dealkylation sites (tertiary alicyclic amines) is 1. The van der Waals surface area contributed by atoms with Gasteiger partial charge in [0.15, 0.2) is 23.9 Å². The van der Waals surface area contributed by atoms with Crippen molar-refractivity contribution in [2.75, 3.05) is 20.2 Å². The zero-order chi connectivity index (χ0) is 20.9. The van der Waals surface area contributed by atoms with Gasteiger partial charge < -0.3 is 38.4 Å². The summed E-state index contributed by atoms with van der Waals surface area (Å²) in [7, 11) is 3.67. The summed E-state index contributed by atoms with van der Waals surface area (Å²) in [6.07, 6.45) is 12.1. The Bertz CT molecular complexity index is 858. The van der Waals surface area contributed by atoms with Gasteiger partial charge in [-0.1, -0.05) is 6.07 Å². The first-order valence-corrected chi connectivity index (χ1v) is 11.2. The van der Waals surface area contributed by atoms with Gasteiger partial charge >= 0.3 is 0 Å². The molecule has 168 valence electrons. The van der Waals surface area contributed by atoms with Crippen LogP contribution in [0.3, 0.4) is 0 Å². The SMILES string of the molecule is COc1ccc(CC2CCN(C(=O)c3cc[n+](C)cc3)CC2)cc1OC1CCCC1.[I-]. The summed E-state index contributed by atoms with van der Waals surface area (Å²) < 4.78 is 13.7. The van der Waals surface area contributed by atoms with E-state index in [1.807, 2.05) is 47.1 Å². The van der Waals surface area contributed by atoms with E-state index in [1.165, 1.54) is 18.4 Å². The van der Waals surface area contributed by atoms with Gasteiger partial charge in [0.2, 0.25) is 0 Å². The second-order valence-corrected chi connectivity index (χ2v) is 8.70. The number of hydrogen-bond donors (Lipinski definition) is 0. The molecular formula is C25H33IN2O3. The van der Waals surface area contributed by atoms with Crippen molar-refractivity contribution in [1.29, 1.82) is 0 Å². The third-order valence-electron chi connectivity index (χ3n) is 6.48. The van der Waals surface area contributed by atoms with Crippen molar-refractivity contribution in [3.63, 3.8) is 0 Å². The average molecular weight is 536 g/mol. The molecule has 0 spiro atoms. The molecule has 1 saturated heterocycles. The molecule has 1 aliphatic heterocycles. The van der Waals surface area contributed by atoms with Gasteiger partial charge in [0.1, 0.15) is 7.05 Å². The van der Waals surface area contributed by atoms with Crippen molar-refractivity contribution in [2.45, 2.75) is 51.0 Å². The molecule has 1 aromatic heterocycles. The van der Waals surface area contributed by atoms with Crippen molar-refractivity contribution in [3.05, 3.63) is 53.9 Å². The van der Waals surface area contributed by atoms with Crippen molar-refractivity contribution in [3.8, 4) is 11.5 Å². The minimum Gasteiger partial charge on any atom is -1.00 e. The van der Waals surface area contributed by atoms with Gasteiger partial charge in [-0.3, -0.25) is 4.79 Å². The number of benzene rings is 1. The fourth-order valence-electron chi connectivity index (χ4n) is 4.63. The smallest absolute Gasteiger partial charge is 0.254 e. The second-order valence-electron chi connectivity index (χ2n) is 8.70. The minimum atomic E-state index is 0. The predicted molar refractivity (Wildman–Crippen MR) is 116 cm³/mol. The zero-order valence-electron chi connectivity index (χ0n) is 18.6. The molecule has 0 radical (unpaired) electrons. The van der Waals surface area contributed by atoms with Gasteiger partial charge in [-0.15, -0.1) is 0 Å². The third kappa shape index (κ3) is 6.11. The van der Waals surface area contributed by atoms with Crippen molar-refractivity contribution in [2.24, 2.45) is 13.0 Å². The number of ether oxygens (including phenoxy) is 2. The van der Waals surface area contributed by atoms with E-state index in [2.05, 4.69) is 12.1 Å². The number of hydrogen-bond acceptors (Lipinski definition) is 3. The summed E-state index contributed by atoms with van der Waals surface area (Å²) in [5.74, 6) is 2.44. The maximum atomic E-state index is 12.7. The zero-order valence-corrected chi connectivity index (χ0v) is 20.7. The van der Waals surface area contributed by atoms with Gasteiger partial charge in [-0.05, 0) is 68.6 Å². The maximum Gasteiger partial charge on any atom is 0.254 e. The lowest BCUT2D eigenvalue weighted by molar-refractivity contribution is -0.671. The molecule has 1 amide bonds. The number of nitrogens with zero attached hydrogens (tertiary/aromatic N) is 2. The van der Waals surface area contributed by atoms with E-state index >= 15 is 0 Å². The second kappa shape index (κ2) is 11.2. The number of aromatic nitrogens is 1. The molecule has 1 aromatic carbocycles. The first kappa shape index (κ1) is 23.8. The van der Waals surface area contributed by atoms with E-state index in [9.17, 15) is 4.79 Å². The highest BCUT2D eigenvalue weighted by molar-refractivity contribution is 5.94. The number of methoxy groups -OCH3 is 1. The fraction of sp³-hybridized carbons (Fsp3) is 0.520. The molecule has 5 nitrogen and oxygen atoms in total. The minimum absolute atomic E-state index is 0. The molecule has 2 fully saturated rings. The molecule has 2 aliphatic rings. The average Bonchev–Trinajstić information content (AvgIpc) is 3.28. The Kier molecular flexibility index (Phi) is 8.58. The fourth-order valence-corrected chi connectivity index (χ4v) is 4.63. The predicted octanol–water partition coefficient (Wildman–Crippen LogP) is 0.940. The summed E-state index contributed by atoms with van der Waals surface area (Å²) >= 11 is 0. The highest BCUT2D eigenvalue weighted by atomic mass is 127. The number of piperidine rings is 1. The summed E-state index contributed by atoms with van der Waals surface area (Å²) in [5.41, 5.74) is 2.07. The van der Waals surface area contributed by atoms with E-state index in [0.717, 1.165) is 62.3 Å². The van der Waals surface area contributed by atoms with E-state index in [1.54, 1.807) is 7.11 Å². The van der Waals surface area contributed by atoms with Gasteiger partial charge in [-0.25, -0.2) is 4.57 Å². The van der Waals surface area contributed by atoms with Crippen molar-refractivity contribution >= 4 is 5.91 Å². The van der Waals surface area contributed by atoms with Gasteiger partial charge in [-0.2, -0.15) is 0 Å². The van der Waals surface area contributed by atoms with Gasteiger partial charge in [0, 0.05) is 25.2 Å². The summed E-state index contributed by atoms with van der Waals surface area (Å²) in [5, 5.41) is 0. The Morgan fingerprint density at radius 3 is 2.35 bits per heavy atom. The van der Waals surface area contributed by atoms with Crippen LogP contribution in [0, 0.1) is 5.92 Å². The lowest BCUT2D eigenvalue weighted by Crippen LogP contribution is -3.00. The summed E-state index contributed by atoms with van der Waals surface area (Å²) in [6.45, 7) is 1.65. The number of aryl methyl sites for hydroxylation is 1. The Labute approximate surface area is 202 Å². The summed E-state index contributed by atoms with van der Waals surface area (Å²) in [4.78, 5) is 14.7. The van der Waals surface area contributed by atoms with Crippen LogP contribution < -0.4 is 38.0 Å². The van der Waals surface area contributed by atoms with Gasteiger partial charge in [0.05, 0.1) is 18.8 Å². The highest BCUT2D eigenvalue weighted by Gasteiger charge is 2.25. The molecule has 0 atom stereocenters. The Hall–Kier alpha value is -1.83. The Morgan fingerprint density at radius 1 is 1.03 bits per heavy atom. The van der Waals surface area contributed by atoms with Gasteiger partial charge in [0.25, 0.3) is 5.91 Å². The Balaban J connectivity index is 0.00000272. The number of carbonyl (C=O) groups is 1. The lowest BCUT2D eigenvalue weighted by atomic mass is 9.90. The van der Waals surface area contributed by atoms with Crippen LogP contribution in [-0.2, 0) is 13.5 Å². The molecule has 0 bridgehead atoms. The topological polar surface area (TPSA) is 42.7 Å². The van der Waals surface area contributed by atoms with Crippen LogP contribution >= 0.6 is 0 Å².